The Balaban J connectivity index is 1.70. The number of nitrogens with one attached hydrogen (secondary N) is 1. The van der Waals surface area contributed by atoms with Crippen molar-refractivity contribution >= 4 is 48.9 Å². The Bertz CT molecular complexity index is 822. The molecule has 1 unspecified atom stereocenters. The van der Waals surface area contributed by atoms with Gasteiger partial charge in [0.1, 0.15) is 4.21 Å². The number of halogens is 1. The van der Waals surface area contributed by atoms with E-state index in [-0.39, 0.29) is 18.4 Å². The number of hydrogen-bond acceptors (Lipinski definition) is 4. The molecule has 1 aliphatic rings. The fraction of sp³-hybridized carbons (Fsp3) is 0.312. The first-order chi connectivity index (χ1) is 11.5. The van der Waals surface area contributed by atoms with Gasteiger partial charge in [-0.1, -0.05) is 28.1 Å². The van der Waals surface area contributed by atoms with E-state index in [1.165, 1.54) is 15.6 Å². The average molecular weight is 429 g/mol. The SMILES string of the molecule is O=C(Nc1cccc(Br)c1)C1CCCN(S(=O)(=O)c2cccs2)C1. The smallest absolute Gasteiger partial charge is 0.252 e. The van der Waals surface area contributed by atoms with Crippen molar-refractivity contribution in [1.82, 2.24) is 4.31 Å². The van der Waals surface area contributed by atoms with Crippen molar-refractivity contribution in [3.05, 3.63) is 46.3 Å². The zero-order valence-corrected chi connectivity index (χ0v) is 16.0. The average Bonchev–Trinajstić information content (AvgIpc) is 3.10. The maximum atomic E-state index is 12.6. The monoisotopic (exact) mass is 428 g/mol. The molecule has 1 aliphatic heterocycles. The highest BCUT2D eigenvalue weighted by Crippen LogP contribution is 2.27. The summed E-state index contributed by atoms with van der Waals surface area (Å²) in [6, 6.07) is 10.7. The molecule has 128 valence electrons. The molecular weight excluding hydrogens is 412 g/mol. The molecule has 0 saturated carbocycles. The van der Waals surface area contributed by atoms with Gasteiger partial charge in [0.15, 0.2) is 0 Å². The molecule has 1 amide bonds. The van der Waals surface area contributed by atoms with Gasteiger partial charge in [0.2, 0.25) is 5.91 Å². The molecule has 8 heteroatoms. The van der Waals surface area contributed by atoms with Gasteiger partial charge >= 0.3 is 0 Å². The molecule has 2 heterocycles. The van der Waals surface area contributed by atoms with Crippen LogP contribution in [0.5, 0.6) is 0 Å². The van der Waals surface area contributed by atoms with Crippen molar-refractivity contribution in [2.45, 2.75) is 17.1 Å². The first-order valence-electron chi connectivity index (χ1n) is 7.57. The van der Waals surface area contributed by atoms with Crippen LogP contribution in [-0.2, 0) is 14.8 Å². The molecule has 0 radical (unpaired) electrons. The van der Waals surface area contributed by atoms with Crippen LogP contribution in [0.15, 0.2) is 50.5 Å². The number of carbonyl (C=O) groups excluding carboxylic acids is 1. The molecule has 1 atom stereocenters. The second-order valence-corrected chi connectivity index (χ2v) is 9.66. The van der Waals surface area contributed by atoms with E-state index in [9.17, 15) is 13.2 Å². The Hall–Kier alpha value is -1.22. The van der Waals surface area contributed by atoms with E-state index in [0.29, 0.717) is 29.3 Å². The second kappa shape index (κ2) is 7.35. The van der Waals surface area contributed by atoms with Gasteiger partial charge in [0, 0.05) is 23.2 Å². The third-order valence-corrected chi connectivity index (χ3v) is 7.67. The van der Waals surface area contributed by atoms with Crippen molar-refractivity contribution in [2.75, 3.05) is 18.4 Å². The maximum Gasteiger partial charge on any atom is 0.252 e. The van der Waals surface area contributed by atoms with E-state index in [2.05, 4.69) is 21.2 Å². The Labute approximate surface area is 153 Å². The van der Waals surface area contributed by atoms with Crippen LogP contribution in [0.2, 0.25) is 0 Å². The lowest BCUT2D eigenvalue weighted by atomic mass is 9.99. The van der Waals surface area contributed by atoms with E-state index in [0.717, 1.165) is 4.47 Å². The highest BCUT2D eigenvalue weighted by molar-refractivity contribution is 9.10. The lowest BCUT2D eigenvalue weighted by Crippen LogP contribution is -2.43. The van der Waals surface area contributed by atoms with Gasteiger partial charge in [-0.25, -0.2) is 8.42 Å². The maximum absolute atomic E-state index is 12.6. The van der Waals surface area contributed by atoms with Crippen LogP contribution < -0.4 is 5.32 Å². The highest BCUT2D eigenvalue weighted by Gasteiger charge is 2.33. The number of nitrogens with zero attached hydrogens (tertiary/aromatic N) is 1. The van der Waals surface area contributed by atoms with E-state index in [1.807, 2.05) is 24.3 Å². The minimum Gasteiger partial charge on any atom is -0.326 e. The molecule has 24 heavy (non-hydrogen) atoms. The Morgan fingerprint density at radius 3 is 2.83 bits per heavy atom. The van der Waals surface area contributed by atoms with Crippen LogP contribution in [0, 0.1) is 5.92 Å². The Kier molecular flexibility index (Phi) is 5.39. The molecule has 5 nitrogen and oxygen atoms in total. The van der Waals surface area contributed by atoms with Gasteiger partial charge < -0.3 is 5.32 Å². The molecule has 0 spiro atoms. The fourth-order valence-electron chi connectivity index (χ4n) is 2.72. The van der Waals surface area contributed by atoms with Crippen molar-refractivity contribution in [3.8, 4) is 0 Å². The largest absolute Gasteiger partial charge is 0.326 e. The number of sulfonamides is 1. The fourth-order valence-corrected chi connectivity index (χ4v) is 5.79. The van der Waals surface area contributed by atoms with Gasteiger partial charge in [0.05, 0.1) is 5.92 Å². The van der Waals surface area contributed by atoms with E-state index >= 15 is 0 Å². The van der Waals surface area contributed by atoms with Crippen LogP contribution in [0.4, 0.5) is 5.69 Å². The van der Waals surface area contributed by atoms with Crippen LogP contribution in [0.1, 0.15) is 12.8 Å². The van der Waals surface area contributed by atoms with Crippen molar-refractivity contribution in [3.63, 3.8) is 0 Å². The molecule has 2 aromatic rings. The summed E-state index contributed by atoms with van der Waals surface area (Å²) < 4.78 is 27.9. The summed E-state index contributed by atoms with van der Waals surface area (Å²) in [4.78, 5) is 12.5. The van der Waals surface area contributed by atoms with Crippen LogP contribution in [0.3, 0.4) is 0 Å². The van der Waals surface area contributed by atoms with E-state index < -0.39 is 10.0 Å². The topological polar surface area (TPSA) is 66.5 Å². The zero-order chi connectivity index (χ0) is 17.2. The lowest BCUT2D eigenvalue weighted by molar-refractivity contribution is -0.120. The predicted molar refractivity (Wildman–Crippen MR) is 98.6 cm³/mol. The summed E-state index contributed by atoms with van der Waals surface area (Å²) in [5, 5.41) is 4.62. The minimum absolute atomic E-state index is 0.140. The quantitative estimate of drug-likeness (QED) is 0.809. The molecule has 1 fully saturated rings. The summed E-state index contributed by atoms with van der Waals surface area (Å²) in [6.07, 6.45) is 1.37. The van der Waals surface area contributed by atoms with Gasteiger partial charge in [-0.15, -0.1) is 11.3 Å². The van der Waals surface area contributed by atoms with Gasteiger partial charge in [-0.2, -0.15) is 4.31 Å². The van der Waals surface area contributed by atoms with E-state index in [4.69, 9.17) is 0 Å². The van der Waals surface area contributed by atoms with Crippen molar-refractivity contribution in [2.24, 2.45) is 5.92 Å². The van der Waals surface area contributed by atoms with Crippen LogP contribution >= 0.6 is 27.3 Å². The van der Waals surface area contributed by atoms with Crippen molar-refractivity contribution in [1.29, 1.82) is 0 Å². The zero-order valence-electron chi connectivity index (χ0n) is 12.8. The summed E-state index contributed by atoms with van der Waals surface area (Å²) in [6.45, 7) is 0.682. The molecule has 3 rings (SSSR count). The molecule has 1 aromatic heterocycles. The molecule has 1 aromatic carbocycles. The molecule has 1 saturated heterocycles. The van der Waals surface area contributed by atoms with Gasteiger partial charge in [-0.05, 0) is 42.5 Å². The lowest BCUT2D eigenvalue weighted by Gasteiger charge is -2.30. The number of hydrogen-bond donors (Lipinski definition) is 1. The Morgan fingerprint density at radius 2 is 2.12 bits per heavy atom. The minimum atomic E-state index is -3.50. The number of thiophene rings is 1. The number of anilines is 1. The first-order valence-corrected chi connectivity index (χ1v) is 10.7. The number of piperidine rings is 1. The third-order valence-electron chi connectivity index (χ3n) is 3.94. The summed E-state index contributed by atoms with van der Waals surface area (Å²) in [5.74, 6) is -0.480. The number of benzene rings is 1. The van der Waals surface area contributed by atoms with Gasteiger partial charge in [0.25, 0.3) is 10.0 Å². The molecular formula is C16H17BrN2O3S2. The first kappa shape index (κ1) is 17.6. The number of amides is 1. The van der Waals surface area contributed by atoms with Gasteiger partial charge in [-0.3, -0.25) is 4.79 Å². The normalized spacial score (nSPS) is 19.1. The summed E-state index contributed by atoms with van der Waals surface area (Å²) in [7, 11) is -3.50. The number of rotatable bonds is 4. The molecule has 1 N–H and O–H groups in total. The summed E-state index contributed by atoms with van der Waals surface area (Å²) in [5.41, 5.74) is 0.701. The van der Waals surface area contributed by atoms with Crippen LogP contribution in [0.25, 0.3) is 0 Å². The highest BCUT2D eigenvalue weighted by atomic mass is 79.9. The van der Waals surface area contributed by atoms with Crippen LogP contribution in [-0.4, -0.2) is 31.7 Å². The summed E-state index contributed by atoms with van der Waals surface area (Å²) >= 11 is 4.57. The second-order valence-electron chi connectivity index (χ2n) is 5.63. The Morgan fingerprint density at radius 1 is 1.29 bits per heavy atom. The van der Waals surface area contributed by atoms with E-state index in [1.54, 1.807) is 17.5 Å². The number of carbonyl (C=O) groups is 1. The predicted octanol–water partition coefficient (Wildman–Crippen LogP) is 3.55. The standard InChI is InChI=1S/C16H17BrN2O3S2/c17-13-5-1-6-14(10-13)18-16(20)12-4-2-8-19(11-12)24(21,22)15-7-3-9-23-15/h1,3,5-7,9-10,12H,2,4,8,11H2,(H,18,20). The van der Waals surface area contributed by atoms with Crippen molar-refractivity contribution < 1.29 is 13.2 Å². The molecule has 0 aliphatic carbocycles. The third kappa shape index (κ3) is 3.88. The molecule has 0 bridgehead atoms.